The molecular weight excluding hydrogens is 212 g/mol. The molecule has 13 heavy (non-hydrogen) atoms. The number of hydrogen-bond donors (Lipinski definition) is 2. The van der Waals surface area contributed by atoms with Crippen molar-refractivity contribution >= 4 is 21.6 Å². The van der Waals surface area contributed by atoms with Crippen LogP contribution < -0.4 is 4.72 Å². The average Bonchev–Trinajstić information content (AvgIpc) is 2.52. The molecule has 0 aromatic carbocycles. The van der Waals surface area contributed by atoms with Crippen molar-refractivity contribution in [2.75, 3.05) is 11.6 Å². The van der Waals surface area contributed by atoms with E-state index in [0.29, 0.717) is 6.54 Å². The van der Waals surface area contributed by atoms with Gasteiger partial charge in [-0.25, -0.2) is 13.1 Å². The molecule has 0 unspecified atom stereocenters. The summed E-state index contributed by atoms with van der Waals surface area (Å²) in [6, 6.07) is 1.81. The maximum Gasteiger partial charge on any atom is 0.213 e. The van der Waals surface area contributed by atoms with Crippen LogP contribution in [0.5, 0.6) is 0 Å². The Morgan fingerprint density at radius 1 is 1.54 bits per heavy atom. The number of aromatic amines is 1. The van der Waals surface area contributed by atoms with Gasteiger partial charge in [-0.15, -0.1) is 11.6 Å². The van der Waals surface area contributed by atoms with E-state index in [1.54, 1.807) is 12.4 Å². The molecule has 74 valence electrons. The minimum Gasteiger partial charge on any atom is -0.367 e. The van der Waals surface area contributed by atoms with Crippen LogP contribution >= 0.6 is 11.6 Å². The summed E-state index contributed by atoms with van der Waals surface area (Å²) in [7, 11) is -3.20. The Kier molecular flexibility index (Phi) is 3.77. The largest absolute Gasteiger partial charge is 0.367 e. The molecule has 1 aromatic rings. The molecule has 0 atom stereocenters. The topological polar surface area (TPSA) is 62.0 Å². The summed E-state index contributed by atoms with van der Waals surface area (Å²) in [6.45, 7) is 0.308. The molecule has 0 amide bonds. The van der Waals surface area contributed by atoms with E-state index in [4.69, 9.17) is 11.6 Å². The van der Waals surface area contributed by atoms with Crippen molar-refractivity contribution in [1.82, 2.24) is 9.71 Å². The molecule has 1 rings (SSSR count). The van der Waals surface area contributed by atoms with E-state index in [2.05, 4.69) is 9.71 Å². The van der Waals surface area contributed by atoms with Gasteiger partial charge in [0.1, 0.15) is 0 Å². The van der Waals surface area contributed by atoms with Gasteiger partial charge in [-0.3, -0.25) is 0 Å². The Labute approximate surface area is 82.3 Å². The Morgan fingerprint density at radius 2 is 2.31 bits per heavy atom. The summed E-state index contributed by atoms with van der Waals surface area (Å²) in [4.78, 5) is 2.84. The summed E-state index contributed by atoms with van der Waals surface area (Å²) in [6.07, 6.45) is 3.48. The first-order valence-corrected chi connectivity index (χ1v) is 5.98. The number of alkyl halides is 1. The van der Waals surface area contributed by atoms with Crippen LogP contribution in [0, 0.1) is 0 Å². The fraction of sp³-hybridized carbons (Fsp3) is 0.429. The number of sulfonamides is 1. The fourth-order valence-electron chi connectivity index (χ4n) is 0.835. The molecule has 0 bridgehead atoms. The third-order valence-corrected chi connectivity index (χ3v) is 3.24. The number of aromatic nitrogens is 1. The molecule has 0 radical (unpaired) electrons. The van der Waals surface area contributed by atoms with Crippen molar-refractivity contribution in [2.24, 2.45) is 0 Å². The predicted octanol–water partition coefficient (Wildman–Crippen LogP) is 0.673. The first-order valence-electron chi connectivity index (χ1n) is 3.79. The molecule has 0 aliphatic heterocycles. The van der Waals surface area contributed by atoms with Gasteiger partial charge in [-0.2, -0.15) is 0 Å². The lowest BCUT2D eigenvalue weighted by Crippen LogP contribution is -2.26. The quantitative estimate of drug-likeness (QED) is 0.720. The lowest BCUT2D eigenvalue weighted by molar-refractivity contribution is 0.583. The van der Waals surface area contributed by atoms with Crippen molar-refractivity contribution in [3.05, 3.63) is 24.0 Å². The highest BCUT2D eigenvalue weighted by Gasteiger charge is 2.07. The molecule has 1 heterocycles. The normalized spacial score (nSPS) is 11.8. The van der Waals surface area contributed by atoms with E-state index in [1.165, 1.54) is 0 Å². The first-order chi connectivity index (χ1) is 6.14. The summed E-state index contributed by atoms with van der Waals surface area (Å²) in [5.74, 6) is 0.0709. The van der Waals surface area contributed by atoms with E-state index < -0.39 is 10.0 Å². The summed E-state index contributed by atoms with van der Waals surface area (Å²) in [5, 5.41) is 0. The van der Waals surface area contributed by atoms with Gasteiger partial charge in [0.2, 0.25) is 10.0 Å². The Hall–Kier alpha value is -0.520. The molecule has 2 N–H and O–H groups in total. The molecule has 1 aromatic heterocycles. The van der Waals surface area contributed by atoms with E-state index in [0.717, 1.165) is 5.56 Å². The molecule has 0 aliphatic rings. The lowest BCUT2D eigenvalue weighted by atomic mass is 10.4. The van der Waals surface area contributed by atoms with E-state index in [1.807, 2.05) is 6.07 Å². The van der Waals surface area contributed by atoms with Crippen LogP contribution in [0.3, 0.4) is 0 Å². The molecule has 0 fully saturated rings. The van der Waals surface area contributed by atoms with Crippen molar-refractivity contribution in [1.29, 1.82) is 0 Å². The average molecular weight is 223 g/mol. The van der Waals surface area contributed by atoms with Gasteiger partial charge in [0.25, 0.3) is 0 Å². The standard InChI is InChI=1S/C7H11ClN2O2S/c8-2-4-13(11,12)10-6-7-1-3-9-5-7/h1,3,5,9-10H,2,4,6H2. The highest BCUT2D eigenvalue weighted by atomic mass is 35.5. The summed E-state index contributed by atoms with van der Waals surface area (Å²) >= 11 is 5.32. The molecule has 0 saturated heterocycles. The van der Waals surface area contributed by atoms with Crippen LogP contribution in [0.25, 0.3) is 0 Å². The van der Waals surface area contributed by atoms with Crippen molar-refractivity contribution in [3.63, 3.8) is 0 Å². The number of H-pyrrole nitrogens is 1. The van der Waals surface area contributed by atoms with Crippen LogP contribution in [0.4, 0.5) is 0 Å². The Morgan fingerprint density at radius 3 is 2.85 bits per heavy atom. The molecule has 0 saturated carbocycles. The second-order valence-corrected chi connectivity index (χ2v) is 4.85. The summed E-state index contributed by atoms with van der Waals surface area (Å²) < 4.78 is 24.7. The zero-order valence-electron chi connectivity index (χ0n) is 6.96. The highest BCUT2D eigenvalue weighted by Crippen LogP contribution is 1.97. The maximum atomic E-state index is 11.1. The molecule has 0 aliphatic carbocycles. The van der Waals surface area contributed by atoms with Crippen LogP contribution in [0.2, 0.25) is 0 Å². The smallest absolute Gasteiger partial charge is 0.213 e. The number of halogens is 1. The SMILES string of the molecule is O=S(=O)(CCCl)NCc1cc[nH]c1. The van der Waals surface area contributed by atoms with Gasteiger partial charge in [0.05, 0.1) is 5.75 Å². The molecule has 4 nitrogen and oxygen atoms in total. The molecular formula is C7H11ClN2O2S. The van der Waals surface area contributed by atoms with Gasteiger partial charge in [-0.1, -0.05) is 0 Å². The maximum absolute atomic E-state index is 11.1. The minimum absolute atomic E-state index is 0.0427. The van der Waals surface area contributed by atoms with Gasteiger partial charge >= 0.3 is 0 Å². The monoisotopic (exact) mass is 222 g/mol. The third kappa shape index (κ3) is 3.80. The lowest BCUT2D eigenvalue weighted by Gasteiger charge is -2.02. The van der Waals surface area contributed by atoms with E-state index in [-0.39, 0.29) is 11.6 Å². The third-order valence-electron chi connectivity index (χ3n) is 1.50. The summed E-state index contributed by atoms with van der Waals surface area (Å²) in [5.41, 5.74) is 0.901. The van der Waals surface area contributed by atoms with Crippen molar-refractivity contribution in [2.45, 2.75) is 6.54 Å². The fourth-order valence-corrected chi connectivity index (χ4v) is 2.18. The van der Waals surface area contributed by atoms with Crippen LogP contribution in [0.1, 0.15) is 5.56 Å². The number of nitrogens with one attached hydrogen (secondary N) is 2. The van der Waals surface area contributed by atoms with E-state index in [9.17, 15) is 8.42 Å². The second kappa shape index (κ2) is 4.64. The van der Waals surface area contributed by atoms with Gasteiger partial charge < -0.3 is 4.98 Å². The number of rotatable bonds is 5. The van der Waals surface area contributed by atoms with Gasteiger partial charge in [-0.05, 0) is 11.6 Å². The van der Waals surface area contributed by atoms with Crippen LogP contribution in [-0.4, -0.2) is 25.0 Å². The van der Waals surface area contributed by atoms with Crippen LogP contribution in [-0.2, 0) is 16.6 Å². The Balaban J connectivity index is 2.43. The van der Waals surface area contributed by atoms with E-state index >= 15 is 0 Å². The van der Waals surface area contributed by atoms with Crippen LogP contribution in [0.15, 0.2) is 18.5 Å². The predicted molar refractivity (Wildman–Crippen MR) is 52.1 cm³/mol. The molecule has 0 spiro atoms. The van der Waals surface area contributed by atoms with Gasteiger partial charge in [0.15, 0.2) is 0 Å². The zero-order chi connectivity index (χ0) is 9.73. The highest BCUT2D eigenvalue weighted by molar-refractivity contribution is 7.89. The first kappa shape index (κ1) is 10.6. The van der Waals surface area contributed by atoms with Gasteiger partial charge in [0, 0.05) is 24.8 Å². The number of hydrogen-bond acceptors (Lipinski definition) is 2. The Bertz CT molecular complexity index is 333. The zero-order valence-corrected chi connectivity index (χ0v) is 8.53. The minimum atomic E-state index is -3.20. The van der Waals surface area contributed by atoms with Crippen molar-refractivity contribution < 1.29 is 8.42 Å². The molecule has 6 heteroatoms. The van der Waals surface area contributed by atoms with Crippen molar-refractivity contribution in [3.8, 4) is 0 Å². The second-order valence-electron chi connectivity index (χ2n) is 2.55.